The molecule has 2 aromatic rings. The molecule has 0 aliphatic rings. The van der Waals surface area contributed by atoms with Crippen LogP contribution in [0.25, 0.3) is 5.65 Å². The van der Waals surface area contributed by atoms with Gasteiger partial charge in [-0.05, 0) is 0 Å². The van der Waals surface area contributed by atoms with Crippen LogP contribution in [0.3, 0.4) is 0 Å². The van der Waals surface area contributed by atoms with Crippen LogP contribution in [-0.4, -0.2) is 34.9 Å². The Balaban J connectivity index is 2.71. The number of aldehydes is 1. The molecule has 0 radical (unpaired) electrons. The molecule has 0 atom stereocenters. The molecule has 0 saturated carbocycles. The highest BCUT2D eigenvalue weighted by molar-refractivity contribution is 5.74. The highest BCUT2D eigenvalue weighted by atomic mass is 16.5. The topological polar surface area (TPSA) is 65.7 Å². The molecule has 2 heterocycles. The van der Waals surface area contributed by atoms with E-state index in [4.69, 9.17) is 9.47 Å². The van der Waals surface area contributed by atoms with Crippen LogP contribution in [0.15, 0.2) is 12.4 Å². The summed E-state index contributed by atoms with van der Waals surface area (Å²) in [6.07, 6.45) is 3.87. The zero-order chi connectivity index (χ0) is 10.8. The summed E-state index contributed by atoms with van der Waals surface area (Å²) >= 11 is 0. The summed E-state index contributed by atoms with van der Waals surface area (Å²) in [4.78, 5) is 18.6. The summed E-state index contributed by atoms with van der Waals surface area (Å²) in [5, 5.41) is 0. The second-order valence-corrected chi connectivity index (χ2v) is 2.81. The number of ether oxygens (including phenoxy) is 2. The van der Waals surface area contributed by atoms with E-state index < -0.39 is 0 Å². The Morgan fingerprint density at radius 2 is 2.07 bits per heavy atom. The largest absolute Gasteiger partial charge is 0.480 e. The summed E-state index contributed by atoms with van der Waals surface area (Å²) in [5.74, 6) is 0.719. The number of carbonyl (C=O) groups is 1. The van der Waals surface area contributed by atoms with E-state index in [1.54, 1.807) is 16.8 Å². The maximum atomic E-state index is 10.6. The summed E-state index contributed by atoms with van der Waals surface area (Å²) < 4.78 is 11.7. The van der Waals surface area contributed by atoms with Crippen LogP contribution >= 0.6 is 0 Å². The van der Waals surface area contributed by atoms with E-state index in [9.17, 15) is 4.79 Å². The molecule has 6 nitrogen and oxygen atoms in total. The van der Waals surface area contributed by atoms with Gasteiger partial charge in [0.05, 0.1) is 20.4 Å². The maximum Gasteiger partial charge on any atom is 0.261 e. The third-order valence-corrected chi connectivity index (χ3v) is 1.93. The highest BCUT2D eigenvalue weighted by Crippen LogP contribution is 2.19. The molecule has 2 rings (SSSR count). The van der Waals surface area contributed by atoms with Gasteiger partial charge in [0.25, 0.3) is 5.88 Å². The first-order chi connectivity index (χ1) is 7.28. The SMILES string of the molecule is COc1cn2cc(C=O)nc2c(OC)n1. The summed E-state index contributed by atoms with van der Waals surface area (Å²) in [6, 6.07) is 0. The van der Waals surface area contributed by atoms with Crippen LogP contribution in [0.2, 0.25) is 0 Å². The van der Waals surface area contributed by atoms with Crippen molar-refractivity contribution in [1.29, 1.82) is 0 Å². The molecule has 78 valence electrons. The number of hydrogen-bond donors (Lipinski definition) is 0. The fraction of sp³-hybridized carbons (Fsp3) is 0.222. The van der Waals surface area contributed by atoms with Gasteiger partial charge in [0, 0.05) is 6.20 Å². The summed E-state index contributed by atoms with van der Waals surface area (Å²) in [7, 11) is 2.99. The number of aromatic nitrogens is 3. The van der Waals surface area contributed by atoms with Crippen molar-refractivity contribution in [2.75, 3.05) is 14.2 Å². The third kappa shape index (κ3) is 1.50. The lowest BCUT2D eigenvalue weighted by atomic mass is 10.5. The Morgan fingerprint density at radius 3 is 2.67 bits per heavy atom. The Kier molecular flexibility index (Phi) is 2.24. The molecule has 6 heteroatoms. The lowest BCUT2D eigenvalue weighted by Gasteiger charge is -2.03. The Morgan fingerprint density at radius 1 is 1.27 bits per heavy atom. The van der Waals surface area contributed by atoms with E-state index in [-0.39, 0.29) is 0 Å². The monoisotopic (exact) mass is 207 g/mol. The fourth-order valence-electron chi connectivity index (χ4n) is 1.26. The van der Waals surface area contributed by atoms with Gasteiger partial charge in [-0.25, -0.2) is 4.98 Å². The Hall–Kier alpha value is -2.11. The Labute approximate surface area is 85.5 Å². The first-order valence-corrected chi connectivity index (χ1v) is 4.21. The number of imidazole rings is 1. The van der Waals surface area contributed by atoms with Crippen LogP contribution in [0, 0.1) is 0 Å². The predicted molar refractivity (Wildman–Crippen MR) is 51.5 cm³/mol. The van der Waals surface area contributed by atoms with Gasteiger partial charge >= 0.3 is 0 Å². The normalized spacial score (nSPS) is 10.3. The van der Waals surface area contributed by atoms with E-state index in [0.717, 1.165) is 0 Å². The van der Waals surface area contributed by atoms with Gasteiger partial charge in [-0.1, -0.05) is 0 Å². The van der Waals surface area contributed by atoms with Crippen LogP contribution in [0.4, 0.5) is 0 Å². The van der Waals surface area contributed by atoms with Gasteiger partial charge in [-0.2, -0.15) is 4.98 Å². The van der Waals surface area contributed by atoms with Crippen molar-refractivity contribution in [3.63, 3.8) is 0 Å². The standard InChI is InChI=1S/C9H9N3O3/c1-14-7-4-12-3-6(5-13)10-8(12)9(11-7)15-2/h3-5H,1-2H3. The molecule has 0 amide bonds. The molecule has 0 aliphatic carbocycles. The van der Waals surface area contributed by atoms with Crippen molar-refractivity contribution in [2.45, 2.75) is 0 Å². The van der Waals surface area contributed by atoms with Crippen molar-refractivity contribution >= 4 is 11.9 Å². The number of methoxy groups -OCH3 is 2. The van der Waals surface area contributed by atoms with Gasteiger partial charge in [-0.3, -0.25) is 9.20 Å². The molecule has 0 aliphatic heterocycles. The lowest BCUT2D eigenvalue weighted by molar-refractivity contribution is 0.111. The molecular formula is C9H9N3O3. The van der Waals surface area contributed by atoms with Crippen molar-refractivity contribution in [1.82, 2.24) is 14.4 Å². The van der Waals surface area contributed by atoms with Crippen LogP contribution < -0.4 is 9.47 Å². The summed E-state index contributed by atoms with van der Waals surface area (Å²) in [6.45, 7) is 0. The smallest absolute Gasteiger partial charge is 0.261 e. The number of nitrogens with zero attached hydrogens (tertiary/aromatic N) is 3. The van der Waals surface area contributed by atoms with E-state index in [1.807, 2.05) is 0 Å². The van der Waals surface area contributed by atoms with Crippen molar-refractivity contribution in [2.24, 2.45) is 0 Å². The zero-order valence-corrected chi connectivity index (χ0v) is 8.30. The fourth-order valence-corrected chi connectivity index (χ4v) is 1.26. The Bertz CT molecular complexity index is 507. The van der Waals surface area contributed by atoms with Crippen LogP contribution in [0.1, 0.15) is 10.5 Å². The van der Waals surface area contributed by atoms with E-state index in [2.05, 4.69) is 9.97 Å². The van der Waals surface area contributed by atoms with E-state index in [0.29, 0.717) is 29.4 Å². The van der Waals surface area contributed by atoms with Crippen molar-refractivity contribution in [3.05, 3.63) is 18.1 Å². The molecule has 0 saturated heterocycles. The molecule has 0 aromatic carbocycles. The molecular weight excluding hydrogens is 198 g/mol. The van der Waals surface area contributed by atoms with E-state index in [1.165, 1.54) is 14.2 Å². The number of fused-ring (bicyclic) bond motifs is 1. The number of carbonyl (C=O) groups excluding carboxylic acids is 1. The zero-order valence-electron chi connectivity index (χ0n) is 8.30. The molecule has 0 bridgehead atoms. The van der Waals surface area contributed by atoms with E-state index >= 15 is 0 Å². The first kappa shape index (κ1) is 9.45. The minimum absolute atomic E-state index is 0.322. The van der Waals surface area contributed by atoms with Gasteiger partial charge < -0.3 is 9.47 Å². The average Bonchev–Trinajstić information content (AvgIpc) is 2.70. The van der Waals surface area contributed by atoms with Crippen LogP contribution in [-0.2, 0) is 0 Å². The van der Waals surface area contributed by atoms with Crippen LogP contribution in [0.5, 0.6) is 11.8 Å². The molecule has 2 aromatic heterocycles. The molecule has 0 unspecified atom stereocenters. The quantitative estimate of drug-likeness (QED) is 0.688. The molecule has 15 heavy (non-hydrogen) atoms. The summed E-state index contributed by atoms with van der Waals surface area (Å²) in [5.41, 5.74) is 0.809. The second kappa shape index (κ2) is 3.56. The molecule has 0 spiro atoms. The first-order valence-electron chi connectivity index (χ1n) is 4.21. The maximum absolute atomic E-state index is 10.6. The van der Waals surface area contributed by atoms with Crippen molar-refractivity contribution < 1.29 is 14.3 Å². The van der Waals surface area contributed by atoms with Crippen molar-refractivity contribution in [3.8, 4) is 11.8 Å². The molecule has 0 N–H and O–H groups in total. The third-order valence-electron chi connectivity index (χ3n) is 1.93. The number of rotatable bonds is 3. The van der Waals surface area contributed by atoms with Gasteiger partial charge in [-0.15, -0.1) is 0 Å². The van der Waals surface area contributed by atoms with Gasteiger partial charge in [0.1, 0.15) is 5.69 Å². The predicted octanol–water partition coefficient (Wildman–Crippen LogP) is 0.559. The molecule has 0 fully saturated rings. The lowest BCUT2D eigenvalue weighted by Crippen LogP contribution is -1.97. The number of hydrogen-bond acceptors (Lipinski definition) is 5. The minimum atomic E-state index is 0.322. The minimum Gasteiger partial charge on any atom is -0.480 e. The highest BCUT2D eigenvalue weighted by Gasteiger charge is 2.10. The second-order valence-electron chi connectivity index (χ2n) is 2.81. The van der Waals surface area contributed by atoms with Gasteiger partial charge in [0.2, 0.25) is 11.5 Å². The van der Waals surface area contributed by atoms with Gasteiger partial charge in [0.15, 0.2) is 6.29 Å². The average molecular weight is 207 g/mol.